The average Bonchev–Trinajstić information content (AvgIpc) is 2.41. The monoisotopic (exact) mass is 298 g/mol. The van der Waals surface area contributed by atoms with Crippen molar-refractivity contribution in [3.63, 3.8) is 0 Å². The molecule has 0 unspecified atom stereocenters. The van der Waals surface area contributed by atoms with Gasteiger partial charge >= 0.3 is 0 Å². The molecule has 1 aromatic carbocycles. The summed E-state index contributed by atoms with van der Waals surface area (Å²) < 4.78 is 24.2. The van der Waals surface area contributed by atoms with Crippen LogP contribution in [0.1, 0.15) is 25.7 Å². The quantitative estimate of drug-likeness (QED) is 0.703. The van der Waals surface area contributed by atoms with E-state index in [9.17, 15) is 13.5 Å². The molecule has 1 aromatic rings. The van der Waals surface area contributed by atoms with Gasteiger partial charge in [-0.05, 0) is 49.9 Å². The smallest absolute Gasteiger partial charge is 0.179 e. The number of hydrogen-bond acceptors (Lipinski definition) is 5. The molecule has 0 heterocycles. The van der Waals surface area contributed by atoms with Crippen LogP contribution in [0.3, 0.4) is 0 Å². The highest BCUT2D eigenvalue weighted by Gasteiger charge is 2.20. The SMILES string of the molecule is Nc1ccc(S(=O)(=O)CCNC2CCC(O)CC2)cc1. The molecule has 1 saturated carbocycles. The second-order valence-corrected chi connectivity index (χ2v) is 7.46. The Morgan fingerprint density at radius 3 is 2.35 bits per heavy atom. The van der Waals surface area contributed by atoms with Crippen molar-refractivity contribution in [3.8, 4) is 0 Å². The summed E-state index contributed by atoms with van der Waals surface area (Å²) in [5.41, 5.74) is 6.11. The van der Waals surface area contributed by atoms with E-state index in [1.54, 1.807) is 24.3 Å². The van der Waals surface area contributed by atoms with Crippen LogP contribution in [-0.2, 0) is 9.84 Å². The van der Waals surface area contributed by atoms with Crippen molar-refractivity contribution in [2.75, 3.05) is 18.0 Å². The largest absolute Gasteiger partial charge is 0.399 e. The van der Waals surface area contributed by atoms with E-state index in [1.165, 1.54) is 0 Å². The van der Waals surface area contributed by atoms with Gasteiger partial charge in [0.2, 0.25) is 0 Å². The third kappa shape index (κ3) is 4.19. The Kier molecular flexibility index (Phi) is 5.01. The van der Waals surface area contributed by atoms with Crippen LogP contribution in [0.4, 0.5) is 5.69 Å². The Bertz CT molecular complexity index is 520. The fraction of sp³-hybridized carbons (Fsp3) is 0.571. The van der Waals surface area contributed by atoms with E-state index < -0.39 is 9.84 Å². The third-order valence-electron chi connectivity index (χ3n) is 3.74. The van der Waals surface area contributed by atoms with Gasteiger partial charge in [-0.2, -0.15) is 0 Å². The van der Waals surface area contributed by atoms with E-state index in [1.807, 2.05) is 0 Å². The molecule has 0 amide bonds. The lowest BCUT2D eigenvalue weighted by Gasteiger charge is -2.26. The van der Waals surface area contributed by atoms with Crippen LogP contribution in [0.15, 0.2) is 29.2 Å². The van der Waals surface area contributed by atoms with Gasteiger partial charge in [0, 0.05) is 18.3 Å². The summed E-state index contributed by atoms with van der Waals surface area (Å²) in [4.78, 5) is 0.313. The van der Waals surface area contributed by atoms with Crippen molar-refractivity contribution in [1.82, 2.24) is 5.32 Å². The normalized spacial score (nSPS) is 23.6. The molecular formula is C14H22N2O3S. The van der Waals surface area contributed by atoms with Crippen molar-refractivity contribution >= 4 is 15.5 Å². The Hall–Kier alpha value is -1.11. The van der Waals surface area contributed by atoms with Crippen LogP contribution >= 0.6 is 0 Å². The minimum absolute atomic E-state index is 0.0793. The average molecular weight is 298 g/mol. The maximum atomic E-state index is 12.1. The topological polar surface area (TPSA) is 92.4 Å². The summed E-state index contributed by atoms with van der Waals surface area (Å²) in [6.45, 7) is 0.438. The van der Waals surface area contributed by atoms with Crippen LogP contribution in [0, 0.1) is 0 Å². The second-order valence-electron chi connectivity index (χ2n) is 5.35. The van der Waals surface area contributed by atoms with Gasteiger partial charge in [0.25, 0.3) is 0 Å². The molecule has 1 aliphatic rings. The van der Waals surface area contributed by atoms with Gasteiger partial charge in [-0.3, -0.25) is 0 Å². The minimum atomic E-state index is -3.26. The highest BCUT2D eigenvalue weighted by atomic mass is 32.2. The molecule has 6 heteroatoms. The van der Waals surface area contributed by atoms with E-state index in [4.69, 9.17) is 5.73 Å². The van der Waals surface area contributed by atoms with Crippen LogP contribution < -0.4 is 11.1 Å². The maximum absolute atomic E-state index is 12.1. The molecule has 0 bridgehead atoms. The van der Waals surface area contributed by atoms with Gasteiger partial charge in [-0.1, -0.05) is 0 Å². The van der Waals surface area contributed by atoms with Gasteiger partial charge in [-0.25, -0.2) is 8.42 Å². The number of nitrogens with one attached hydrogen (secondary N) is 1. The number of benzene rings is 1. The molecule has 5 nitrogen and oxygen atoms in total. The summed E-state index contributed by atoms with van der Waals surface area (Å²) in [6, 6.07) is 6.61. The van der Waals surface area contributed by atoms with Crippen molar-refractivity contribution in [2.24, 2.45) is 0 Å². The number of rotatable bonds is 5. The first-order valence-electron chi connectivity index (χ1n) is 6.97. The lowest BCUT2D eigenvalue weighted by molar-refractivity contribution is 0.117. The predicted molar refractivity (Wildman–Crippen MR) is 79.2 cm³/mol. The first kappa shape index (κ1) is 15.3. The lowest BCUT2D eigenvalue weighted by Crippen LogP contribution is -2.37. The number of aliphatic hydroxyl groups excluding tert-OH is 1. The summed E-state index contributed by atoms with van der Waals surface area (Å²) in [6.07, 6.45) is 3.21. The Labute approximate surface area is 120 Å². The third-order valence-corrected chi connectivity index (χ3v) is 5.47. The Morgan fingerprint density at radius 1 is 1.15 bits per heavy atom. The molecule has 112 valence electrons. The van der Waals surface area contributed by atoms with Crippen molar-refractivity contribution in [1.29, 1.82) is 0 Å². The molecule has 2 rings (SSSR count). The number of hydrogen-bond donors (Lipinski definition) is 3. The first-order valence-corrected chi connectivity index (χ1v) is 8.62. The maximum Gasteiger partial charge on any atom is 0.179 e. The zero-order valence-electron chi connectivity index (χ0n) is 11.5. The van der Waals surface area contributed by atoms with Gasteiger partial charge in [0.05, 0.1) is 16.8 Å². The van der Waals surface area contributed by atoms with E-state index >= 15 is 0 Å². The molecule has 1 fully saturated rings. The number of aliphatic hydroxyl groups is 1. The summed E-state index contributed by atoms with van der Waals surface area (Å²) in [5, 5.41) is 12.7. The predicted octanol–water partition coefficient (Wildman–Crippen LogP) is 0.936. The van der Waals surface area contributed by atoms with E-state index in [-0.39, 0.29) is 11.9 Å². The van der Waals surface area contributed by atoms with E-state index in [0.717, 1.165) is 25.7 Å². The summed E-state index contributed by atoms with van der Waals surface area (Å²) >= 11 is 0. The molecular weight excluding hydrogens is 276 g/mol. The van der Waals surface area contributed by atoms with Crippen LogP contribution in [0.25, 0.3) is 0 Å². The number of nitrogen functional groups attached to an aromatic ring is 1. The Balaban J connectivity index is 1.82. The molecule has 1 aliphatic carbocycles. The standard InChI is InChI=1S/C14H22N2O3S/c15-11-1-7-14(8-2-11)20(18,19)10-9-16-12-3-5-13(17)6-4-12/h1-2,7-8,12-13,16-17H,3-6,9-10,15H2. The fourth-order valence-corrected chi connectivity index (χ4v) is 3.64. The minimum Gasteiger partial charge on any atom is -0.399 e. The fourth-order valence-electron chi connectivity index (χ4n) is 2.47. The molecule has 0 radical (unpaired) electrons. The molecule has 0 atom stereocenters. The molecule has 0 aromatic heterocycles. The van der Waals surface area contributed by atoms with Crippen LogP contribution in [-0.4, -0.2) is 38.0 Å². The molecule has 4 N–H and O–H groups in total. The van der Waals surface area contributed by atoms with Crippen LogP contribution in [0.2, 0.25) is 0 Å². The van der Waals surface area contributed by atoms with E-state index in [0.29, 0.717) is 23.2 Å². The van der Waals surface area contributed by atoms with Gasteiger partial charge in [0.15, 0.2) is 9.84 Å². The second kappa shape index (κ2) is 6.56. The highest BCUT2D eigenvalue weighted by molar-refractivity contribution is 7.91. The summed E-state index contributed by atoms with van der Waals surface area (Å²) in [7, 11) is -3.26. The van der Waals surface area contributed by atoms with Crippen molar-refractivity contribution < 1.29 is 13.5 Å². The number of anilines is 1. The zero-order valence-corrected chi connectivity index (χ0v) is 12.3. The molecule has 0 aliphatic heterocycles. The van der Waals surface area contributed by atoms with Gasteiger partial charge in [-0.15, -0.1) is 0 Å². The van der Waals surface area contributed by atoms with Gasteiger partial charge in [0.1, 0.15) is 0 Å². The summed E-state index contributed by atoms with van der Waals surface area (Å²) in [5.74, 6) is 0.0793. The Morgan fingerprint density at radius 2 is 1.75 bits per heavy atom. The van der Waals surface area contributed by atoms with Crippen molar-refractivity contribution in [2.45, 2.75) is 42.7 Å². The lowest BCUT2D eigenvalue weighted by atomic mass is 9.93. The number of sulfone groups is 1. The highest BCUT2D eigenvalue weighted by Crippen LogP contribution is 2.18. The first-order chi connectivity index (χ1) is 9.47. The zero-order chi connectivity index (χ0) is 14.6. The molecule has 0 saturated heterocycles. The van der Waals surface area contributed by atoms with Crippen molar-refractivity contribution in [3.05, 3.63) is 24.3 Å². The van der Waals surface area contributed by atoms with E-state index in [2.05, 4.69) is 5.32 Å². The molecule has 0 spiro atoms. The van der Waals surface area contributed by atoms with Crippen LogP contribution in [0.5, 0.6) is 0 Å². The van der Waals surface area contributed by atoms with Gasteiger partial charge < -0.3 is 16.2 Å². The molecule has 20 heavy (non-hydrogen) atoms. The number of nitrogens with two attached hydrogens (primary N) is 1.